The topological polar surface area (TPSA) is 72.5 Å². The predicted octanol–water partition coefficient (Wildman–Crippen LogP) is 3.22. The van der Waals surface area contributed by atoms with Gasteiger partial charge in [0.25, 0.3) is 5.91 Å². The number of hydrogen-bond donors (Lipinski definition) is 1. The molecule has 0 radical (unpaired) electrons. The minimum Gasteiger partial charge on any atom is -0.381 e. The van der Waals surface area contributed by atoms with Gasteiger partial charge in [-0.15, -0.1) is 0 Å². The molecule has 2 aromatic carbocycles. The van der Waals surface area contributed by atoms with Crippen LogP contribution in [0.2, 0.25) is 5.02 Å². The van der Waals surface area contributed by atoms with E-state index in [1.807, 2.05) is 24.3 Å². The highest BCUT2D eigenvalue weighted by Crippen LogP contribution is 2.35. The van der Waals surface area contributed by atoms with E-state index < -0.39 is 9.84 Å². The zero-order valence-electron chi connectivity index (χ0n) is 15.1. The molecule has 1 heterocycles. The summed E-state index contributed by atoms with van der Waals surface area (Å²) in [7, 11) is -3.36. The molecule has 0 unspecified atom stereocenters. The molecule has 0 saturated carbocycles. The van der Waals surface area contributed by atoms with Gasteiger partial charge in [-0.2, -0.15) is 0 Å². The van der Waals surface area contributed by atoms with E-state index in [0.717, 1.165) is 24.7 Å². The van der Waals surface area contributed by atoms with Crippen LogP contribution in [0.4, 0.5) is 0 Å². The SMILES string of the molecule is CS(=O)(=O)c1cccc(C(=O)NCC2(c3ccc(Cl)cc3)CCOCC2)c1. The molecular weight excluding hydrogens is 386 g/mol. The van der Waals surface area contributed by atoms with Gasteiger partial charge in [0.15, 0.2) is 9.84 Å². The molecule has 1 fully saturated rings. The van der Waals surface area contributed by atoms with E-state index in [1.54, 1.807) is 12.1 Å². The number of carbonyl (C=O) groups excluding carboxylic acids is 1. The van der Waals surface area contributed by atoms with Gasteiger partial charge in [-0.05, 0) is 48.7 Å². The van der Waals surface area contributed by atoms with Crippen LogP contribution in [-0.2, 0) is 20.0 Å². The largest absolute Gasteiger partial charge is 0.381 e. The molecule has 7 heteroatoms. The van der Waals surface area contributed by atoms with Gasteiger partial charge in [-0.3, -0.25) is 4.79 Å². The van der Waals surface area contributed by atoms with Gasteiger partial charge < -0.3 is 10.1 Å². The minimum atomic E-state index is -3.36. The van der Waals surface area contributed by atoms with Crippen LogP contribution in [0.3, 0.4) is 0 Å². The van der Waals surface area contributed by atoms with Gasteiger partial charge >= 0.3 is 0 Å². The monoisotopic (exact) mass is 407 g/mol. The van der Waals surface area contributed by atoms with Crippen molar-refractivity contribution < 1.29 is 17.9 Å². The van der Waals surface area contributed by atoms with Crippen LogP contribution >= 0.6 is 11.6 Å². The van der Waals surface area contributed by atoms with Gasteiger partial charge in [0, 0.05) is 42.0 Å². The fourth-order valence-corrected chi connectivity index (χ4v) is 4.15. The highest BCUT2D eigenvalue weighted by molar-refractivity contribution is 7.90. The molecule has 1 aliphatic heterocycles. The third-order valence-corrected chi connectivity index (χ3v) is 6.38. The summed E-state index contributed by atoms with van der Waals surface area (Å²) in [5.74, 6) is -0.291. The van der Waals surface area contributed by atoms with Crippen molar-refractivity contribution in [2.24, 2.45) is 0 Å². The number of nitrogens with one attached hydrogen (secondary N) is 1. The molecule has 144 valence electrons. The van der Waals surface area contributed by atoms with Crippen molar-refractivity contribution in [2.45, 2.75) is 23.2 Å². The van der Waals surface area contributed by atoms with E-state index in [0.29, 0.717) is 30.3 Å². The molecule has 1 N–H and O–H groups in total. The maximum absolute atomic E-state index is 12.6. The van der Waals surface area contributed by atoms with Crippen molar-refractivity contribution in [3.8, 4) is 0 Å². The molecule has 1 amide bonds. The summed E-state index contributed by atoms with van der Waals surface area (Å²) in [6.45, 7) is 1.70. The third kappa shape index (κ3) is 4.69. The van der Waals surface area contributed by atoms with Crippen LogP contribution in [0.25, 0.3) is 0 Å². The summed E-state index contributed by atoms with van der Waals surface area (Å²) in [5, 5.41) is 3.65. The first-order valence-corrected chi connectivity index (χ1v) is 11.0. The van der Waals surface area contributed by atoms with Crippen molar-refractivity contribution in [1.29, 1.82) is 0 Å². The fraction of sp³-hybridized carbons (Fsp3) is 0.350. The van der Waals surface area contributed by atoms with E-state index in [2.05, 4.69) is 5.32 Å². The van der Waals surface area contributed by atoms with E-state index >= 15 is 0 Å². The summed E-state index contributed by atoms with van der Waals surface area (Å²) in [5.41, 5.74) is 1.21. The van der Waals surface area contributed by atoms with Crippen molar-refractivity contribution in [1.82, 2.24) is 5.32 Å². The van der Waals surface area contributed by atoms with Crippen LogP contribution in [-0.4, -0.2) is 40.3 Å². The average molecular weight is 408 g/mol. The normalized spacial score (nSPS) is 16.7. The van der Waals surface area contributed by atoms with E-state index in [9.17, 15) is 13.2 Å². The van der Waals surface area contributed by atoms with Crippen LogP contribution in [0.1, 0.15) is 28.8 Å². The lowest BCUT2D eigenvalue weighted by molar-refractivity contribution is 0.0487. The number of sulfone groups is 1. The van der Waals surface area contributed by atoms with Crippen molar-refractivity contribution in [2.75, 3.05) is 26.0 Å². The van der Waals surface area contributed by atoms with Crippen LogP contribution < -0.4 is 5.32 Å². The predicted molar refractivity (Wildman–Crippen MR) is 105 cm³/mol. The lowest BCUT2D eigenvalue weighted by Crippen LogP contribution is -2.44. The summed E-state index contributed by atoms with van der Waals surface area (Å²) >= 11 is 6.01. The molecule has 0 atom stereocenters. The Labute approximate surface area is 164 Å². The maximum Gasteiger partial charge on any atom is 0.251 e. The zero-order valence-corrected chi connectivity index (χ0v) is 16.6. The second kappa shape index (κ2) is 8.00. The standard InChI is InChI=1S/C20H22ClNO4S/c1-27(24,25)18-4-2-3-15(13-18)19(23)22-14-20(9-11-26-12-10-20)16-5-7-17(21)8-6-16/h2-8,13H,9-12,14H2,1H3,(H,22,23). The lowest BCUT2D eigenvalue weighted by Gasteiger charge is -2.38. The molecule has 27 heavy (non-hydrogen) atoms. The number of ether oxygens (including phenoxy) is 1. The Morgan fingerprint density at radius 3 is 2.44 bits per heavy atom. The van der Waals surface area contributed by atoms with Crippen molar-refractivity contribution >= 4 is 27.3 Å². The minimum absolute atomic E-state index is 0.133. The second-order valence-corrected chi connectivity index (χ2v) is 9.33. The summed E-state index contributed by atoms with van der Waals surface area (Å²) in [6.07, 6.45) is 2.71. The zero-order chi connectivity index (χ0) is 19.5. The highest BCUT2D eigenvalue weighted by Gasteiger charge is 2.35. The van der Waals surface area contributed by atoms with Crippen LogP contribution in [0.5, 0.6) is 0 Å². The van der Waals surface area contributed by atoms with Crippen LogP contribution in [0.15, 0.2) is 53.4 Å². The van der Waals surface area contributed by atoms with Crippen molar-refractivity contribution in [3.63, 3.8) is 0 Å². The highest BCUT2D eigenvalue weighted by atomic mass is 35.5. The summed E-state index contributed by atoms with van der Waals surface area (Å²) in [6, 6.07) is 13.8. The fourth-order valence-electron chi connectivity index (χ4n) is 3.35. The van der Waals surface area contributed by atoms with Gasteiger partial charge in [0.1, 0.15) is 0 Å². The molecule has 0 aliphatic carbocycles. The number of rotatable bonds is 5. The third-order valence-electron chi connectivity index (χ3n) is 5.02. The maximum atomic E-state index is 12.6. The van der Waals surface area contributed by atoms with Gasteiger partial charge in [0.05, 0.1) is 4.90 Å². The summed E-state index contributed by atoms with van der Waals surface area (Å²) in [4.78, 5) is 12.8. The van der Waals surface area contributed by atoms with Crippen LogP contribution in [0, 0.1) is 0 Å². The van der Waals surface area contributed by atoms with E-state index in [4.69, 9.17) is 16.3 Å². The molecular formula is C20H22ClNO4S. The molecule has 5 nitrogen and oxygen atoms in total. The Morgan fingerprint density at radius 1 is 1.15 bits per heavy atom. The number of halogens is 1. The molecule has 2 aromatic rings. The smallest absolute Gasteiger partial charge is 0.251 e. The van der Waals surface area contributed by atoms with E-state index in [1.165, 1.54) is 12.1 Å². The first kappa shape index (κ1) is 19.9. The molecule has 0 bridgehead atoms. The lowest BCUT2D eigenvalue weighted by atomic mass is 9.74. The second-order valence-electron chi connectivity index (χ2n) is 6.88. The van der Waals surface area contributed by atoms with Gasteiger partial charge in [0.2, 0.25) is 0 Å². The van der Waals surface area contributed by atoms with E-state index in [-0.39, 0.29) is 16.2 Å². The average Bonchev–Trinajstić information content (AvgIpc) is 2.67. The van der Waals surface area contributed by atoms with Gasteiger partial charge in [-0.1, -0.05) is 29.8 Å². The number of amides is 1. The quantitative estimate of drug-likeness (QED) is 0.825. The van der Waals surface area contributed by atoms with Crippen molar-refractivity contribution in [3.05, 3.63) is 64.7 Å². The molecule has 3 rings (SSSR count). The first-order valence-electron chi connectivity index (χ1n) is 8.72. The number of carbonyl (C=O) groups is 1. The molecule has 1 saturated heterocycles. The number of hydrogen-bond acceptors (Lipinski definition) is 4. The Bertz CT molecular complexity index is 919. The number of benzene rings is 2. The Kier molecular flexibility index (Phi) is 5.89. The molecule has 0 spiro atoms. The Morgan fingerprint density at radius 2 is 1.81 bits per heavy atom. The Balaban J connectivity index is 1.80. The first-order chi connectivity index (χ1) is 12.8. The molecule has 1 aliphatic rings. The van der Waals surface area contributed by atoms with Gasteiger partial charge in [-0.25, -0.2) is 8.42 Å². The Hall–Kier alpha value is -1.89. The molecule has 0 aromatic heterocycles. The summed E-state index contributed by atoms with van der Waals surface area (Å²) < 4.78 is 28.9.